The van der Waals surface area contributed by atoms with E-state index in [2.05, 4.69) is 6.58 Å². The topological polar surface area (TPSA) is 66.8 Å². The van der Waals surface area contributed by atoms with Gasteiger partial charge in [-0.15, -0.1) is 6.58 Å². The van der Waals surface area contributed by atoms with Crippen LogP contribution < -0.4 is 4.74 Å². The number of amides is 1. The van der Waals surface area contributed by atoms with E-state index in [9.17, 15) is 14.7 Å². The van der Waals surface area contributed by atoms with Gasteiger partial charge in [-0.05, 0) is 50.1 Å². The quantitative estimate of drug-likeness (QED) is 0.345. The molecule has 150 valence electrons. The number of aryl methyl sites for hydroxylation is 2. The SMILES string of the molecule is C=CCN1C(=O)C(=O)C(=C(O)c2ccc(OCC)c(C)c2)C1c1ccc(C)cc1. The average Bonchev–Trinajstić information content (AvgIpc) is 2.95. The van der Waals surface area contributed by atoms with Gasteiger partial charge >= 0.3 is 0 Å². The summed E-state index contributed by atoms with van der Waals surface area (Å²) in [6.07, 6.45) is 1.58. The summed E-state index contributed by atoms with van der Waals surface area (Å²) in [5.41, 5.74) is 3.23. The van der Waals surface area contributed by atoms with E-state index < -0.39 is 17.7 Å². The number of carbonyl (C=O) groups excluding carboxylic acids is 2. The van der Waals surface area contributed by atoms with Crippen molar-refractivity contribution in [3.8, 4) is 5.75 Å². The van der Waals surface area contributed by atoms with Crippen LogP contribution in [-0.4, -0.2) is 34.8 Å². The number of ether oxygens (including phenoxy) is 1. The fraction of sp³-hybridized carbons (Fsp3) is 0.250. The molecule has 1 aliphatic rings. The summed E-state index contributed by atoms with van der Waals surface area (Å²) < 4.78 is 5.55. The van der Waals surface area contributed by atoms with Crippen molar-refractivity contribution in [2.75, 3.05) is 13.2 Å². The highest BCUT2D eigenvalue weighted by Gasteiger charge is 2.45. The summed E-state index contributed by atoms with van der Waals surface area (Å²) >= 11 is 0. The van der Waals surface area contributed by atoms with Crippen LogP contribution in [0, 0.1) is 13.8 Å². The van der Waals surface area contributed by atoms with Gasteiger partial charge in [0.1, 0.15) is 11.5 Å². The summed E-state index contributed by atoms with van der Waals surface area (Å²) in [6.45, 7) is 10.2. The Labute approximate surface area is 170 Å². The molecule has 0 bridgehead atoms. The minimum absolute atomic E-state index is 0.0873. The first-order chi connectivity index (χ1) is 13.9. The van der Waals surface area contributed by atoms with Crippen LogP contribution in [0.2, 0.25) is 0 Å². The van der Waals surface area contributed by atoms with Crippen molar-refractivity contribution in [3.63, 3.8) is 0 Å². The van der Waals surface area contributed by atoms with Gasteiger partial charge in [0.25, 0.3) is 11.7 Å². The molecule has 1 saturated heterocycles. The lowest BCUT2D eigenvalue weighted by Crippen LogP contribution is -2.29. The molecule has 1 N–H and O–H groups in total. The zero-order valence-electron chi connectivity index (χ0n) is 16.9. The Balaban J connectivity index is 2.15. The van der Waals surface area contributed by atoms with E-state index in [4.69, 9.17) is 4.74 Å². The molecule has 5 heteroatoms. The first kappa shape index (κ1) is 20.4. The van der Waals surface area contributed by atoms with Crippen molar-refractivity contribution in [3.05, 3.63) is 82.9 Å². The molecule has 1 aliphatic heterocycles. The second-order valence-corrected chi connectivity index (χ2v) is 7.06. The smallest absolute Gasteiger partial charge is 0.295 e. The van der Waals surface area contributed by atoms with Crippen molar-refractivity contribution in [1.29, 1.82) is 0 Å². The summed E-state index contributed by atoms with van der Waals surface area (Å²) in [6, 6.07) is 12.1. The van der Waals surface area contributed by atoms with E-state index in [-0.39, 0.29) is 17.9 Å². The molecule has 0 radical (unpaired) electrons. The maximum Gasteiger partial charge on any atom is 0.295 e. The number of nitrogens with zero attached hydrogens (tertiary/aromatic N) is 1. The van der Waals surface area contributed by atoms with Gasteiger partial charge in [-0.2, -0.15) is 0 Å². The molecule has 0 aromatic heterocycles. The predicted molar refractivity (Wildman–Crippen MR) is 113 cm³/mol. The fourth-order valence-corrected chi connectivity index (χ4v) is 3.57. The Kier molecular flexibility index (Phi) is 5.87. The van der Waals surface area contributed by atoms with E-state index in [1.54, 1.807) is 24.3 Å². The number of aliphatic hydroxyl groups excluding tert-OH is 1. The number of hydrogen-bond donors (Lipinski definition) is 1. The minimum atomic E-state index is -0.693. The van der Waals surface area contributed by atoms with Gasteiger partial charge in [-0.25, -0.2) is 0 Å². The van der Waals surface area contributed by atoms with E-state index in [0.717, 1.165) is 16.7 Å². The van der Waals surface area contributed by atoms with E-state index >= 15 is 0 Å². The second kappa shape index (κ2) is 8.35. The summed E-state index contributed by atoms with van der Waals surface area (Å²) in [5.74, 6) is -0.806. The molecule has 1 fully saturated rings. The Hall–Kier alpha value is -3.34. The lowest BCUT2D eigenvalue weighted by Gasteiger charge is -2.24. The number of carbonyl (C=O) groups is 2. The lowest BCUT2D eigenvalue weighted by atomic mass is 9.94. The molecule has 2 aromatic carbocycles. The van der Waals surface area contributed by atoms with Gasteiger partial charge in [0.05, 0.1) is 18.2 Å². The number of Topliss-reactive ketones (excluding diaryl/α,β-unsaturated/α-hetero) is 1. The van der Waals surface area contributed by atoms with Crippen LogP contribution in [0.1, 0.15) is 35.2 Å². The number of rotatable bonds is 6. The third kappa shape index (κ3) is 3.81. The molecular formula is C24H25NO4. The highest BCUT2D eigenvalue weighted by Crippen LogP contribution is 2.39. The molecule has 0 spiro atoms. The molecule has 1 unspecified atom stereocenters. The van der Waals surface area contributed by atoms with Crippen LogP contribution in [0.5, 0.6) is 5.75 Å². The van der Waals surface area contributed by atoms with Crippen molar-refractivity contribution in [1.82, 2.24) is 4.90 Å². The van der Waals surface area contributed by atoms with Crippen LogP contribution >= 0.6 is 0 Å². The molecule has 5 nitrogen and oxygen atoms in total. The van der Waals surface area contributed by atoms with Crippen molar-refractivity contribution >= 4 is 17.4 Å². The van der Waals surface area contributed by atoms with Crippen LogP contribution in [-0.2, 0) is 9.59 Å². The van der Waals surface area contributed by atoms with Crippen molar-refractivity contribution in [2.45, 2.75) is 26.8 Å². The largest absolute Gasteiger partial charge is 0.507 e. The van der Waals surface area contributed by atoms with Crippen LogP contribution in [0.4, 0.5) is 0 Å². The maximum atomic E-state index is 12.8. The molecule has 2 aromatic rings. The Bertz CT molecular complexity index is 988. The zero-order valence-corrected chi connectivity index (χ0v) is 16.9. The second-order valence-electron chi connectivity index (χ2n) is 7.06. The van der Waals surface area contributed by atoms with Crippen molar-refractivity contribution < 1.29 is 19.4 Å². The third-order valence-electron chi connectivity index (χ3n) is 5.01. The molecule has 3 rings (SSSR count). The maximum absolute atomic E-state index is 12.8. The predicted octanol–water partition coefficient (Wildman–Crippen LogP) is 4.31. The molecule has 1 amide bonds. The summed E-state index contributed by atoms with van der Waals surface area (Å²) in [4.78, 5) is 26.9. The highest BCUT2D eigenvalue weighted by molar-refractivity contribution is 6.46. The molecule has 1 atom stereocenters. The van der Waals surface area contributed by atoms with Gasteiger partial charge in [0.2, 0.25) is 0 Å². The summed E-state index contributed by atoms with van der Waals surface area (Å²) in [7, 11) is 0. The number of aliphatic hydroxyl groups is 1. The highest BCUT2D eigenvalue weighted by atomic mass is 16.5. The standard InChI is InChI=1S/C24H25NO4/c1-5-13-25-21(17-9-7-15(3)8-10-17)20(23(27)24(25)28)22(26)18-11-12-19(29-6-2)16(4)14-18/h5,7-12,14,21,26H,1,6,13H2,2-4H3. The molecule has 1 heterocycles. The van der Waals surface area contributed by atoms with E-state index in [1.807, 2.05) is 45.0 Å². The summed E-state index contributed by atoms with van der Waals surface area (Å²) in [5, 5.41) is 11.0. The van der Waals surface area contributed by atoms with Gasteiger partial charge < -0.3 is 14.7 Å². The van der Waals surface area contributed by atoms with Crippen molar-refractivity contribution in [2.24, 2.45) is 0 Å². The first-order valence-electron chi connectivity index (χ1n) is 9.58. The van der Waals surface area contributed by atoms with Crippen LogP contribution in [0.25, 0.3) is 5.76 Å². The number of ketones is 1. The number of hydrogen-bond acceptors (Lipinski definition) is 4. The Morgan fingerprint density at radius 2 is 1.86 bits per heavy atom. The molecule has 0 aliphatic carbocycles. The Morgan fingerprint density at radius 3 is 2.45 bits per heavy atom. The van der Waals surface area contributed by atoms with Gasteiger partial charge in [0.15, 0.2) is 0 Å². The van der Waals surface area contributed by atoms with E-state index in [0.29, 0.717) is 17.9 Å². The van der Waals surface area contributed by atoms with Crippen LogP contribution in [0.15, 0.2) is 60.7 Å². The van der Waals surface area contributed by atoms with Crippen LogP contribution in [0.3, 0.4) is 0 Å². The normalized spacial score (nSPS) is 18.2. The van der Waals surface area contributed by atoms with Gasteiger partial charge in [-0.1, -0.05) is 35.9 Å². The van der Waals surface area contributed by atoms with Gasteiger partial charge in [-0.3, -0.25) is 9.59 Å². The minimum Gasteiger partial charge on any atom is -0.507 e. The third-order valence-corrected chi connectivity index (χ3v) is 5.01. The molecular weight excluding hydrogens is 366 g/mol. The monoisotopic (exact) mass is 391 g/mol. The van der Waals surface area contributed by atoms with Gasteiger partial charge in [0, 0.05) is 12.1 Å². The number of likely N-dealkylation sites (tertiary alicyclic amines) is 1. The number of benzene rings is 2. The molecule has 29 heavy (non-hydrogen) atoms. The Morgan fingerprint density at radius 1 is 1.17 bits per heavy atom. The zero-order chi connectivity index (χ0) is 21.1. The first-order valence-corrected chi connectivity index (χ1v) is 9.58. The van der Waals surface area contributed by atoms with E-state index in [1.165, 1.54) is 4.90 Å². The fourth-order valence-electron chi connectivity index (χ4n) is 3.57. The lowest BCUT2D eigenvalue weighted by molar-refractivity contribution is -0.139. The molecule has 0 saturated carbocycles. The average molecular weight is 391 g/mol.